The predicted octanol–water partition coefficient (Wildman–Crippen LogP) is 3.73. The van der Waals surface area contributed by atoms with E-state index in [4.69, 9.17) is 0 Å². The number of halogens is 2. The van der Waals surface area contributed by atoms with Crippen LogP contribution in [-0.4, -0.2) is 43.5 Å². The number of fused-ring (bicyclic) bond motifs is 2. The molecule has 0 aliphatic carbocycles. The van der Waals surface area contributed by atoms with Gasteiger partial charge in [0.05, 0.1) is 6.04 Å². The van der Waals surface area contributed by atoms with Gasteiger partial charge in [-0.2, -0.15) is 0 Å². The molecule has 0 spiro atoms. The maximum atomic E-state index is 12.5. The van der Waals surface area contributed by atoms with Gasteiger partial charge >= 0.3 is 0 Å². The molecule has 154 valence electrons. The number of nitrogens with zero attached hydrogens (tertiary/aromatic N) is 1. The Morgan fingerprint density at radius 2 is 1.74 bits per heavy atom. The van der Waals surface area contributed by atoms with Gasteiger partial charge in [0.2, 0.25) is 5.91 Å². The molecule has 0 aromatic heterocycles. The normalized spacial score (nSPS) is 24.7. The number of benzene rings is 1. The van der Waals surface area contributed by atoms with Crippen LogP contribution in [0, 0.1) is 5.92 Å². The minimum absolute atomic E-state index is 0. The minimum atomic E-state index is 0. The first kappa shape index (κ1) is 24.2. The van der Waals surface area contributed by atoms with E-state index in [2.05, 4.69) is 60.8 Å². The van der Waals surface area contributed by atoms with Crippen LogP contribution in [0.5, 0.6) is 0 Å². The summed E-state index contributed by atoms with van der Waals surface area (Å²) in [5.74, 6) is 0.767. The molecule has 27 heavy (non-hydrogen) atoms. The summed E-state index contributed by atoms with van der Waals surface area (Å²) < 4.78 is 0. The van der Waals surface area contributed by atoms with Crippen molar-refractivity contribution in [3.05, 3.63) is 35.4 Å². The largest absolute Gasteiger partial charge is 0.354 e. The van der Waals surface area contributed by atoms with Gasteiger partial charge < -0.3 is 15.5 Å². The molecular formula is C21H35Cl2N3O. The van der Waals surface area contributed by atoms with E-state index in [1.54, 1.807) is 0 Å². The Morgan fingerprint density at radius 1 is 1.15 bits per heavy atom. The van der Waals surface area contributed by atoms with Crippen LogP contribution in [0.2, 0.25) is 0 Å². The Bertz CT molecular complexity index is 567. The van der Waals surface area contributed by atoms with E-state index in [0.29, 0.717) is 31.0 Å². The lowest BCUT2D eigenvalue weighted by molar-refractivity contribution is -0.122. The van der Waals surface area contributed by atoms with Gasteiger partial charge in [-0.25, -0.2) is 0 Å². The van der Waals surface area contributed by atoms with E-state index < -0.39 is 0 Å². The van der Waals surface area contributed by atoms with Gasteiger partial charge in [0.25, 0.3) is 0 Å². The molecule has 4 nitrogen and oxygen atoms in total. The van der Waals surface area contributed by atoms with Gasteiger partial charge in [-0.3, -0.25) is 4.79 Å². The number of likely N-dealkylation sites (N-methyl/N-ethyl adjacent to an activating group) is 1. The number of rotatable bonds is 7. The van der Waals surface area contributed by atoms with Crippen LogP contribution in [0.3, 0.4) is 0 Å². The third-order valence-corrected chi connectivity index (χ3v) is 5.93. The molecule has 2 heterocycles. The van der Waals surface area contributed by atoms with Crippen molar-refractivity contribution in [2.24, 2.45) is 5.92 Å². The average Bonchev–Trinajstić information content (AvgIpc) is 2.94. The number of carbonyl (C=O) groups excluding carboxylic acids is 1. The lowest BCUT2D eigenvalue weighted by Gasteiger charge is -2.29. The number of piperidine rings is 1. The third-order valence-electron chi connectivity index (χ3n) is 5.93. The molecular weight excluding hydrogens is 381 g/mol. The number of hydrogen-bond donors (Lipinski definition) is 2. The molecule has 2 bridgehead atoms. The summed E-state index contributed by atoms with van der Waals surface area (Å²) in [6, 6.07) is 10.3. The first-order chi connectivity index (χ1) is 12.0. The quantitative estimate of drug-likeness (QED) is 0.712. The molecule has 2 aliphatic rings. The van der Waals surface area contributed by atoms with Gasteiger partial charge in [-0.1, -0.05) is 31.2 Å². The predicted molar refractivity (Wildman–Crippen MR) is 117 cm³/mol. The van der Waals surface area contributed by atoms with Gasteiger partial charge in [0.1, 0.15) is 0 Å². The topological polar surface area (TPSA) is 44.4 Å². The number of aryl methyl sites for hydroxylation is 1. The zero-order valence-corrected chi connectivity index (χ0v) is 18.4. The van der Waals surface area contributed by atoms with Gasteiger partial charge in [-0.15, -0.1) is 24.8 Å². The highest BCUT2D eigenvalue weighted by atomic mass is 35.5. The molecule has 1 amide bonds. The number of hydrogen-bond acceptors (Lipinski definition) is 3. The van der Waals surface area contributed by atoms with E-state index in [1.165, 1.54) is 36.8 Å². The minimum Gasteiger partial charge on any atom is -0.354 e. The van der Waals surface area contributed by atoms with E-state index >= 15 is 0 Å². The summed E-state index contributed by atoms with van der Waals surface area (Å²) in [7, 11) is 4.16. The first-order valence-electron chi connectivity index (χ1n) is 9.83. The summed E-state index contributed by atoms with van der Waals surface area (Å²) in [6.45, 7) is 2.85. The van der Waals surface area contributed by atoms with Crippen LogP contribution in [-0.2, 0) is 11.2 Å². The zero-order valence-electron chi connectivity index (χ0n) is 16.7. The lowest BCUT2D eigenvalue weighted by atomic mass is 9.89. The van der Waals surface area contributed by atoms with Crippen LogP contribution in [0.4, 0.5) is 0 Å². The fraction of sp³-hybridized carbons (Fsp3) is 0.667. The second kappa shape index (κ2) is 11.3. The highest BCUT2D eigenvalue weighted by molar-refractivity contribution is 5.85. The van der Waals surface area contributed by atoms with Crippen LogP contribution >= 0.6 is 24.8 Å². The highest BCUT2D eigenvalue weighted by Gasteiger charge is 2.34. The number of carbonyl (C=O) groups is 1. The molecule has 1 aromatic rings. The van der Waals surface area contributed by atoms with Crippen LogP contribution in [0.25, 0.3) is 0 Å². The fourth-order valence-electron chi connectivity index (χ4n) is 4.46. The van der Waals surface area contributed by atoms with Crippen molar-refractivity contribution in [1.29, 1.82) is 0 Å². The summed E-state index contributed by atoms with van der Waals surface area (Å²) in [4.78, 5) is 14.6. The molecule has 0 saturated carbocycles. The van der Waals surface area contributed by atoms with Crippen molar-refractivity contribution in [3.8, 4) is 0 Å². The Labute approximate surface area is 176 Å². The van der Waals surface area contributed by atoms with Crippen LogP contribution in [0.15, 0.2) is 24.3 Å². The van der Waals surface area contributed by atoms with Crippen molar-refractivity contribution in [2.45, 2.75) is 63.6 Å². The maximum Gasteiger partial charge on any atom is 0.220 e. The molecule has 0 radical (unpaired) electrons. The Morgan fingerprint density at radius 3 is 2.26 bits per heavy atom. The van der Waals surface area contributed by atoms with E-state index in [-0.39, 0.29) is 36.8 Å². The molecule has 1 aromatic carbocycles. The zero-order chi connectivity index (χ0) is 17.8. The molecule has 2 aliphatic heterocycles. The molecule has 2 N–H and O–H groups in total. The monoisotopic (exact) mass is 415 g/mol. The summed E-state index contributed by atoms with van der Waals surface area (Å²) >= 11 is 0. The molecule has 3 unspecified atom stereocenters. The lowest BCUT2D eigenvalue weighted by Crippen LogP contribution is -2.40. The molecule has 2 saturated heterocycles. The van der Waals surface area contributed by atoms with E-state index in [1.807, 2.05) is 0 Å². The molecule has 3 atom stereocenters. The summed E-state index contributed by atoms with van der Waals surface area (Å²) in [6.07, 6.45) is 6.66. The molecule has 6 heteroatoms. The molecule has 2 fully saturated rings. The maximum absolute atomic E-state index is 12.5. The van der Waals surface area contributed by atoms with Gasteiger partial charge in [-0.05, 0) is 63.2 Å². The third kappa shape index (κ3) is 6.63. The standard InChI is InChI=1S/C21H33N3O.2ClH/c1-4-15-5-7-17(8-6-15)20(24(2)3)14-22-21(25)13-16-11-18-9-10-19(12-16)23-18;;/h5-8,16,18-20,23H,4,9-14H2,1-3H3,(H,22,25);2*1H. The van der Waals surface area contributed by atoms with Crippen molar-refractivity contribution >= 4 is 30.7 Å². The van der Waals surface area contributed by atoms with E-state index in [0.717, 1.165) is 6.42 Å². The summed E-state index contributed by atoms with van der Waals surface area (Å²) in [5, 5.41) is 6.84. The smallest absolute Gasteiger partial charge is 0.220 e. The second-order valence-corrected chi connectivity index (χ2v) is 8.06. The SMILES string of the molecule is CCc1ccc(C(CNC(=O)CC2CC3CCC(C2)N3)N(C)C)cc1.Cl.Cl. The Kier molecular flexibility index (Phi) is 10.1. The van der Waals surface area contributed by atoms with Gasteiger partial charge in [0, 0.05) is 25.0 Å². The van der Waals surface area contributed by atoms with Crippen molar-refractivity contribution in [2.75, 3.05) is 20.6 Å². The van der Waals surface area contributed by atoms with E-state index in [9.17, 15) is 4.79 Å². The van der Waals surface area contributed by atoms with Crippen molar-refractivity contribution < 1.29 is 4.79 Å². The van der Waals surface area contributed by atoms with Crippen LogP contribution in [0.1, 0.15) is 56.2 Å². The summed E-state index contributed by atoms with van der Waals surface area (Å²) in [5.41, 5.74) is 2.62. The van der Waals surface area contributed by atoms with Crippen molar-refractivity contribution in [1.82, 2.24) is 15.5 Å². The number of amides is 1. The second-order valence-electron chi connectivity index (χ2n) is 8.06. The van der Waals surface area contributed by atoms with Crippen molar-refractivity contribution in [3.63, 3.8) is 0 Å². The van der Waals surface area contributed by atoms with Crippen LogP contribution < -0.4 is 10.6 Å². The van der Waals surface area contributed by atoms with Gasteiger partial charge in [0.15, 0.2) is 0 Å². The Hall–Kier alpha value is -0.810. The molecule has 3 rings (SSSR count). The number of nitrogens with one attached hydrogen (secondary N) is 2. The highest BCUT2D eigenvalue weighted by Crippen LogP contribution is 2.32. The fourth-order valence-corrected chi connectivity index (χ4v) is 4.46. The average molecular weight is 416 g/mol. The first-order valence-corrected chi connectivity index (χ1v) is 9.83. The Balaban J connectivity index is 0.00000182.